The second-order valence-corrected chi connectivity index (χ2v) is 5.66. The van der Waals surface area contributed by atoms with E-state index in [0.29, 0.717) is 12.5 Å². The molecule has 2 saturated heterocycles. The maximum Gasteiger partial charge on any atom is 0.236 e. The largest absolute Gasteiger partial charge is 0.342 e. The molecule has 2 N–H and O–H groups in total. The molecule has 1 amide bonds. The Morgan fingerprint density at radius 2 is 1.76 bits per heavy atom. The van der Waals surface area contributed by atoms with Gasteiger partial charge in [-0.1, -0.05) is 19.8 Å². The van der Waals surface area contributed by atoms with Crippen LogP contribution in [-0.2, 0) is 4.79 Å². The number of hydrogen-bond acceptors (Lipinski definition) is 3. The molecule has 17 heavy (non-hydrogen) atoms. The molecule has 4 heteroatoms. The lowest BCUT2D eigenvalue weighted by Gasteiger charge is -2.47. The van der Waals surface area contributed by atoms with Crippen molar-refractivity contribution in [1.82, 2.24) is 9.80 Å². The Hall–Kier alpha value is -0.610. The van der Waals surface area contributed by atoms with Crippen molar-refractivity contribution in [2.45, 2.75) is 44.6 Å². The van der Waals surface area contributed by atoms with Gasteiger partial charge in [-0.05, 0) is 19.3 Å². The Labute approximate surface area is 104 Å². The maximum absolute atomic E-state index is 12.1. The van der Waals surface area contributed by atoms with Gasteiger partial charge in [-0.15, -0.1) is 0 Å². The van der Waals surface area contributed by atoms with E-state index in [2.05, 4.69) is 11.8 Å². The molecule has 98 valence electrons. The molecule has 2 rings (SSSR count). The summed E-state index contributed by atoms with van der Waals surface area (Å²) in [6, 6.07) is 0. The van der Waals surface area contributed by atoms with Crippen molar-refractivity contribution in [3.05, 3.63) is 0 Å². The van der Waals surface area contributed by atoms with Gasteiger partial charge in [0.1, 0.15) is 0 Å². The third kappa shape index (κ3) is 3.19. The van der Waals surface area contributed by atoms with Crippen LogP contribution in [0.5, 0.6) is 0 Å². The molecular weight excluding hydrogens is 214 g/mol. The average Bonchev–Trinajstić information content (AvgIpc) is 2.55. The number of amides is 1. The van der Waals surface area contributed by atoms with Gasteiger partial charge in [-0.2, -0.15) is 0 Å². The fraction of sp³-hybridized carbons (Fsp3) is 0.923. The molecule has 0 radical (unpaired) electrons. The van der Waals surface area contributed by atoms with E-state index in [1.807, 2.05) is 4.90 Å². The molecule has 2 aliphatic rings. The SMILES string of the molecule is CCC1(N)CN(CC(=O)N2CCCCCC2)C1. The van der Waals surface area contributed by atoms with Crippen molar-refractivity contribution in [3.63, 3.8) is 0 Å². The normalized spacial score (nSPS) is 25.2. The third-order valence-corrected chi connectivity index (χ3v) is 4.10. The van der Waals surface area contributed by atoms with E-state index < -0.39 is 0 Å². The quantitative estimate of drug-likeness (QED) is 0.793. The molecule has 0 spiro atoms. The number of nitrogens with two attached hydrogens (primary N) is 1. The van der Waals surface area contributed by atoms with Gasteiger partial charge in [-0.3, -0.25) is 9.69 Å². The lowest BCUT2D eigenvalue weighted by Crippen LogP contribution is -2.68. The lowest BCUT2D eigenvalue weighted by molar-refractivity contribution is -0.134. The van der Waals surface area contributed by atoms with Crippen molar-refractivity contribution in [2.24, 2.45) is 5.73 Å². The molecule has 0 atom stereocenters. The van der Waals surface area contributed by atoms with Crippen LogP contribution < -0.4 is 5.73 Å². The van der Waals surface area contributed by atoms with Crippen LogP contribution in [0.4, 0.5) is 0 Å². The van der Waals surface area contributed by atoms with Gasteiger partial charge in [0.25, 0.3) is 0 Å². The van der Waals surface area contributed by atoms with E-state index >= 15 is 0 Å². The topological polar surface area (TPSA) is 49.6 Å². The van der Waals surface area contributed by atoms with E-state index in [1.54, 1.807) is 0 Å². The molecule has 0 aliphatic carbocycles. The van der Waals surface area contributed by atoms with Gasteiger partial charge < -0.3 is 10.6 Å². The fourth-order valence-corrected chi connectivity index (χ4v) is 2.79. The molecule has 0 aromatic rings. The third-order valence-electron chi connectivity index (χ3n) is 4.10. The van der Waals surface area contributed by atoms with Crippen LogP contribution in [0.15, 0.2) is 0 Å². The maximum atomic E-state index is 12.1. The van der Waals surface area contributed by atoms with E-state index in [9.17, 15) is 4.79 Å². The first-order valence-corrected chi connectivity index (χ1v) is 6.92. The number of likely N-dealkylation sites (tertiary alicyclic amines) is 2. The number of carbonyl (C=O) groups excluding carboxylic acids is 1. The second kappa shape index (κ2) is 5.36. The molecule has 2 aliphatic heterocycles. The van der Waals surface area contributed by atoms with Crippen molar-refractivity contribution >= 4 is 5.91 Å². The molecular formula is C13H25N3O. The smallest absolute Gasteiger partial charge is 0.236 e. The van der Waals surface area contributed by atoms with Crippen molar-refractivity contribution < 1.29 is 4.79 Å². The summed E-state index contributed by atoms with van der Waals surface area (Å²) in [5, 5.41) is 0. The summed E-state index contributed by atoms with van der Waals surface area (Å²) < 4.78 is 0. The molecule has 2 heterocycles. The van der Waals surface area contributed by atoms with Crippen LogP contribution in [0, 0.1) is 0 Å². The Morgan fingerprint density at radius 1 is 1.18 bits per heavy atom. The number of nitrogens with zero attached hydrogens (tertiary/aromatic N) is 2. The molecule has 0 aromatic heterocycles. The zero-order valence-electron chi connectivity index (χ0n) is 11.0. The standard InChI is InChI=1S/C13H25N3O/c1-2-13(14)10-15(11-13)9-12(17)16-7-5-3-4-6-8-16/h2-11,14H2,1H3. The van der Waals surface area contributed by atoms with Crippen LogP contribution >= 0.6 is 0 Å². The first-order valence-electron chi connectivity index (χ1n) is 6.92. The minimum Gasteiger partial charge on any atom is -0.342 e. The number of carbonyl (C=O) groups is 1. The van der Waals surface area contributed by atoms with Gasteiger partial charge in [-0.25, -0.2) is 0 Å². The minimum absolute atomic E-state index is 0.0287. The van der Waals surface area contributed by atoms with Gasteiger partial charge in [0.05, 0.1) is 6.54 Å². The Kier molecular flexibility index (Phi) is 4.05. The minimum atomic E-state index is -0.0287. The summed E-state index contributed by atoms with van der Waals surface area (Å²) in [7, 11) is 0. The average molecular weight is 239 g/mol. The van der Waals surface area contributed by atoms with Gasteiger partial charge in [0.2, 0.25) is 5.91 Å². The highest BCUT2D eigenvalue weighted by atomic mass is 16.2. The summed E-state index contributed by atoms with van der Waals surface area (Å²) in [4.78, 5) is 16.3. The lowest BCUT2D eigenvalue weighted by atomic mass is 9.88. The zero-order valence-corrected chi connectivity index (χ0v) is 11.0. The molecule has 0 aromatic carbocycles. The van der Waals surface area contributed by atoms with E-state index in [4.69, 9.17) is 5.73 Å². The van der Waals surface area contributed by atoms with Crippen molar-refractivity contribution in [3.8, 4) is 0 Å². The Balaban J connectivity index is 1.74. The first-order chi connectivity index (χ1) is 8.13. The summed E-state index contributed by atoms with van der Waals surface area (Å²) in [5.74, 6) is 0.296. The Morgan fingerprint density at radius 3 is 2.29 bits per heavy atom. The highest BCUT2D eigenvalue weighted by molar-refractivity contribution is 5.78. The predicted molar refractivity (Wildman–Crippen MR) is 68.7 cm³/mol. The molecule has 2 fully saturated rings. The van der Waals surface area contributed by atoms with Crippen LogP contribution in [0.2, 0.25) is 0 Å². The van der Waals surface area contributed by atoms with Crippen LogP contribution in [0.1, 0.15) is 39.0 Å². The number of hydrogen-bond donors (Lipinski definition) is 1. The van der Waals surface area contributed by atoms with E-state index in [1.165, 1.54) is 25.7 Å². The van der Waals surface area contributed by atoms with Gasteiger partial charge in [0, 0.05) is 31.7 Å². The second-order valence-electron chi connectivity index (χ2n) is 5.66. The van der Waals surface area contributed by atoms with Crippen molar-refractivity contribution in [1.29, 1.82) is 0 Å². The summed E-state index contributed by atoms with van der Waals surface area (Å²) in [6.45, 7) is 6.35. The fourth-order valence-electron chi connectivity index (χ4n) is 2.79. The van der Waals surface area contributed by atoms with Crippen LogP contribution in [-0.4, -0.2) is 54.0 Å². The zero-order chi connectivity index (χ0) is 12.3. The van der Waals surface area contributed by atoms with Crippen molar-refractivity contribution in [2.75, 3.05) is 32.7 Å². The van der Waals surface area contributed by atoms with Crippen LogP contribution in [0.3, 0.4) is 0 Å². The van der Waals surface area contributed by atoms with E-state index in [0.717, 1.165) is 32.6 Å². The molecule has 0 unspecified atom stereocenters. The van der Waals surface area contributed by atoms with Crippen LogP contribution in [0.25, 0.3) is 0 Å². The highest BCUT2D eigenvalue weighted by Gasteiger charge is 2.38. The first kappa shape index (κ1) is 12.8. The molecule has 4 nitrogen and oxygen atoms in total. The van der Waals surface area contributed by atoms with Gasteiger partial charge in [0.15, 0.2) is 0 Å². The summed E-state index contributed by atoms with van der Waals surface area (Å²) >= 11 is 0. The molecule has 0 saturated carbocycles. The summed E-state index contributed by atoms with van der Waals surface area (Å²) in [6.07, 6.45) is 5.88. The summed E-state index contributed by atoms with van der Waals surface area (Å²) in [5.41, 5.74) is 6.08. The predicted octanol–water partition coefficient (Wildman–Crippen LogP) is 0.812. The van der Waals surface area contributed by atoms with E-state index in [-0.39, 0.29) is 5.54 Å². The Bertz CT molecular complexity index is 266. The molecule has 0 bridgehead atoms. The number of rotatable bonds is 3. The monoisotopic (exact) mass is 239 g/mol. The van der Waals surface area contributed by atoms with Gasteiger partial charge >= 0.3 is 0 Å². The highest BCUT2D eigenvalue weighted by Crippen LogP contribution is 2.21.